The van der Waals surface area contributed by atoms with Crippen LogP contribution in [0.2, 0.25) is 0 Å². The number of carbonyl (C=O) groups is 3. The maximum atomic E-state index is 13.0. The van der Waals surface area contributed by atoms with Crippen LogP contribution in [0.5, 0.6) is 0 Å². The molecule has 0 saturated carbocycles. The van der Waals surface area contributed by atoms with E-state index in [2.05, 4.69) is 19.9 Å². The number of alkyl halides is 6. The molecule has 1 amide bonds. The minimum atomic E-state index is -5.08. The summed E-state index contributed by atoms with van der Waals surface area (Å²) in [6.45, 7) is 2.52. The van der Waals surface area contributed by atoms with Gasteiger partial charge in [0.2, 0.25) is 0 Å². The number of hydrogen-bond acceptors (Lipinski definition) is 6. The first-order valence-electron chi connectivity index (χ1n) is 10.4. The van der Waals surface area contributed by atoms with E-state index in [1.165, 1.54) is 0 Å². The van der Waals surface area contributed by atoms with Crippen molar-refractivity contribution in [1.82, 2.24) is 24.8 Å². The highest BCUT2D eigenvalue weighted by Crippen LogP contribution is 2.33. The number of imidazole rings is 1. The van der Waals surface area contributed by atoms with E-state index in [0.29, 0.717) is 12.1 Å². The number of halogens is 6. The average Bonchev–Trinajstić information content (AvgIpc) is 3.32. The van der Waals surface area contributed by atoms with Gasteiger partial charge < -0.3 is 20.1 Å². The quantitative estimate of drug-likeness (QED) is 0.413. The molecule has 0 spiro atoms. The summed E-state index contributed by atoms with van der Waals surface area (Å²) in [4.78, 5) is 49.0. The minimum Gasteiger partial charge on any atom is -0.475 e. The first-order valence-corrected chi connectivity index (χ1v) is 10.4. The van der Waals surface area contributed by atoms with Gasteiger partial charge in [-0.3, -0.25) is 14.8 Å². The zero-order chi connectivity index (χ0) is 28.7. The van der Waals surface area contributed by atoms with E-state index in [1.807, 2.05) is 42.2 Å². The molecule has 1 aliphatic heterocycles. The molecule has 0 fully saturated rings. The van der Waals surface area contributed by atoms with Crippen molar-refractivity contribution in [2.24, 2.45) is 0 Å². The second-order valence-electron chi connectivity index (χ2n) is 7.47. The van der Waals surface area contributed by atoms with Gasteiger partial charge in [0, 0.05) is 36.7 Å². The molecule has 3 aromatic rings. The number of carboxylic acid groups (broad SMARTS) is 2. The number of aryl methyl sites for hydroxylation is 1. The van der Waals surface area contributed by atoms with Crippen molar-refractivity contribution in [2.75, 3.05) is 6.54 Å². The lowest BCUT2D eigenvalue weighted by atomic mass is 9.98. The number of nitrogens with zero attached hydrogens (tertiary/aromatic N) is 4. The molecular weight excluding hydrogens is 528 g/mol. The summed E-state index contributed by atoms with van der Waals surface area (Å²) in [5.74, 6) is -5.56. The SMILES string of the molecule is Cc1ccc(C(=O)N2CCc3[nH]cnc3C2c2ccccn2)cn1.O=C(O)C(F)(F)F.O=C(O)C(F)(F)F. The lowest BCUT2D eigenvalue weighted by Crippen LogP contribution is -2.41. The van der Waals surface area contributed by atoms with Crippen LogP contribution in [0.3, 0.4) is 0 Å². The van der Waals surface area contributed by atoms with Gasteiger partial charge >= 0.3 is 24.3 Å². The van der Waals surface area contributed by atoms with Crippen molar-refractivity contribution in [3.05, 3.63) is 77.4 Å². The van der Waals surface area contributed by atoms with Crippen LogP contribution in [0.25, 0.3) is 0 Å². The third kappa shape index (κ3) is 8.01. The average molecular weight is 547 g/mol. The molecule has 0 saturated heterocycles. The molecule has 16 heteroatoms. The number of fused-ring (bicyclic) bond motifs is 1. The summed E-state index contributed by atoms with van der Waals surface area (Å²) in [7, 11) is 0. The molecular formula is C22H19F6N5O5. The van der Waals surface area contributed by atoms with Crippen LogP contribution >= 0.6 is 0 Å². The number of carbonyl (C=O) groups excluding carboxylic acids is 1. The fourth-order valence-electron chi connectivity index (χ4n) is 3.09. The minimum absolute atomic E-state index is 0.0493. The van der Waals surface area contributed by atoms with E-state index in [-0.39, 0.29) is 11.9 Å². The van der Waals surface area contributed by atoms with Gasteiger partial charge in [0.05, 0.1) is 23.3 Å². The second kappa shape index (κ2) is 12.2. The number of pyridine rings is 2. The summed E-state index contributed by atoms with van der Waals surface area (Å²) in [6, 6.07) is 9.12. The van der Waals surface area contributed by atoms with E-state index in [9.17, 15) is 31.1 Å². The third-order valence-corrected chi connectivity index (χ3v) is 4.80. The Bertz CT molecular complexity index is 1220. The van der Waals surface area contributed by atoms with Crippen molar-refractivity contribution in [3.8, 4) is 0 Å². The first kappa shape index (κ1) is 29.7. The largest absolute Gasteiger partial charge is 0.490 e. The van der Waals surface area contributed by atoms with Gasteiger partial charge in [-0.25, -0.2) is 14.6 Å². The van der Waals surface area contributed by atoms with E-state index in [4.69, 9.17) is 19.8 Å². The number of hydrogen-bond donors (Lipinski definition) is 3. The van der Waals surface area contributed by atoms with Crippen molar-refractivity contribution in [3.63, 3.8) is 0 Å². The molecule has 4 rings (SSSR count). The smallest absolute Gasteiger partial charge is 0.475 e. The van der Waals surface area contributed by atoms with Crippen LogP contribution in [-0.4, -0.2) is 71.8 Å². The van der Waals surface area contributed by atoms with Gasteiger partial charge in [-0.1, -0.05) is 6.07 Å². The van der Waals surface area contributed by atoms with Gasteiger partial charge in [-0.15, -0.1) is 0 Å². The van der Waals surface area contributed by atoms with Gasteiger partial charge in [0.15, 0.2) is 0 Å². The van der Waals surface area contributed by atoms with Crippen LogP contribution in [0, 0.1) is 6.92 Å². The number of nitrogens with one attached hydrogen (secondary N) is 1. The van der Waals surface area contributed by atoms with Gasteiger partial charge in [0.25, 0.3) is 5.91 Å². The van der Waals surface area contributed by atoms with E-state index in [1.54, 1.807) is 18.7 Å². The molecule has 38 heavy (non-hydrogen) atoms. The lowest BCUT2D eigenvalue weighted by molar-refractivity contribution is -0.193. The standard InChI is InChI=1S/C18H17N5O.2C2HF3O2/c1-12-5-6-13(10-20-12)18(24)23-9-7-14-16(22-11-21-14)17(23)15-4-2-3-8-19-15;2*3-2(4,5)1(6)7/h2-6,8,10-11,17H,7,9H2,1H3,(H,21,22);2*(H,6,7). The van der Waals surface area contributed by atoms with Crippen molar-refractivity contribution in [1.29, 1.82) is 0 Å². The summed E-state index contributed by atoms with van der Waals surface area (Å²) < 4.78 is 63.5. The second-order valence-corrected chi connectivity index (χ2v) is 7.47. The van der Waals surface area contributed by atoms with Gasteiger partial charge in [-0.2, -0.15) is 26.3 Å². The number of H-pyrrole nitrogens is 1. The predicted molar refractivity (Wildman–Crippen MR) is 116 cm³/mol. The zero-order valence-electron chi connectivity index (χ0n) is 19.3. The summed E-state index contributed by atoms with van der Waals surface area (Å²) in [6.07, 6.45) is -4.36. The van der Waals surface area contributed by atoms with Crippen molar-refractivity contribution < 1.29 is 50.9 Å². The number of amides is 1. The van der Waals surface area contributed by atoms with Crippen LogP contribution < -0.4 is 0 Å². The molecule has 1 aliphatic rings. The fourth-order valence-corrected chi connectivity index (χ4v) is 3.09. The Labute approximate surface area is 210 Å². The highest BCUT2D eigenvalue weighted by atomic mass is 19.4. The van der Waals surface area contributed by atoms with E-state index >= 15 is 0 Å². The molecule has 3 aromatic heterocycles. The monoisotopic (exact) mass is 547 g/mol. The Morgan fingerprint density at radius 1 is 0.947 bits per heavy atom. The maximum absolute atomic E-state index is 13.0. The normalized spacial score (nSPS) is 14.7. The van der Waals surface area contributed by atoms with Crippen LogP contribution in [0.15, 0.2) is 49.1 Å². The zero-order valence-corrected chi connectivity index (χ0v) is 19.3. The topological polar surface area (TPSA) is 149 Å². The molecule has 0 aromatic carbocycles. The van der Waals surface area contributed by atoms with E-state index < -0.39 is 24.3 Å². The van der Waals surface area contributed by atoms with Crippen molar-refractivity contribution in [2.45, 2.75) is 31.7 Å². The summed E-state index contributed by atoms with van der Waals surface area (Å²) in [5.41, 5.74) is 4.23. The Balaban J connectivity index is 0.000000301. The highest BCUT2D eigenvalue weighted by Gasteiger charge is 2.39. The molecule has 0 aliphatic carbocycles. The number of aromatic nitrogens is 4. The first-order chi connectivity index (χ1) is 17.6. The Kier molecular flexibility index (Phi) is 9.51. The highest BCUT2D eigenvalue weighted by molar-refractivity contribution is 5.94. The fraction of sp³-hybridized carbons (Fsp3) is 0.273. The van der Waals surface area contributed by atoms with Crippen molar-refractivity contribution >= 4 is 17.8 Å². The van der Waals surface area contributed by atoms with Crippen LogP contribution in [0.4, 0.5) is 26.3 Å². The van der Waals surface area contributed by atoms with Crippen LogP contribution in [-0.2, 0) is 16.0 Å². The molecule has 1 atom stereocenters. The number of carboxylic acids is 2. The Hall–Kier alpha value is -4.50. The lowest BCUT2D eigenvalue weighted by Gasteiger charge is -2.34. The molecule has 204 valence electrons. The Morgan fingerprint density at radius 2 is 1.55 bits per heavy atom. The van der Waals surface area contributed by atoms with E-state index in [0.717, 1.165) is 29.2 Å². The molecule has 0 radical (unpaired) electrons. The molecule has 10 nitrogen and oxygen atoms in total. The molecule has 4 heterocycles. The Morgan fingerprint density at radius 3 is 2.03 bits per heavy atom. The number of aliphatic carboxylic acids is 2. The molecule has 0 bridgehead atoms. The number of aromatic amines is 1. The van der Waals surface area contributed by atoms with Gasteiger partial charge in [-0.05, 0) is 31.2 Å². The third-order valence-electron chi connectivity index (χ3n) is 4.80. The van der Waals surface area contributed by atoms with Gasteiger partial charge in [0.1, 0.15) is 6.04 Å². The van der Waals surface area contributed by atoms with Crippen LogP contribution in [0.1, 0.15) is 39.2 Å². The molecule has 3 N–H and O–H groups in total. The number of rotatable bonds is 2. The summed E-state index contributed by atoms with van der Waals surface area (Å²) in [5, 5.41) is 14.2. The maximum Gasteiger partial charge on any atom is 0.490 e. The predicted octanol–water partition coefficient (Wildman–Crippen LogP) is 3.56. The summed E-state index contributed by atoms with van der Waals surface area (Å²) >= 11 is 0. The molecule has 1 unspecified atom stereocenters.